The van der Waals surface area contributed by atoms with Crippen LogP contribution in [0.5, 0.6) is 0 Å². The first-order valence-electron chi connectivity index (χ1n) is 7.02. The Hall–Kier alpha value is -0.220. The molecule has 2 fully saturated rings. The van der Waals surface area contributed by atoms with Gasteiger partial charge in [0, 0.05) is 5.75 Å². The molecule has 18 heavy (non-hydrogen) atoms. The predicted molar refractivity (Wildman–Crippen MR) is 75.8 cm³/mol. The standard InChI is InChI=1S/C14H25NO2S/c1-4-17-12(16)14(15-9-11-5-6-11)10-18-8-7-13(14,2)3/h11,15H,4-10H2,1-3H3. The molecule has 0 spiro atoms. The monoisotopic (exact) mass is 271 g/mol. The van der Waals surface area contributed by atoms with Gasteiger partial charge in [-0.2, -0.15) is 11.8 Å². The predicted octanol–water partition coefficient (Wildman–Crippen LogP) is 2.45. The van der Waals surface area contributed by atoms with Gasteiger partial charge >= 0.3 is 5.97 Å². The number of rotatable bonds is 5. The normalized spacial score (nSPS) is 31.1. The van der Waals surface area contributed by atoms with E-state index in [1.54, 1.807) is 0 Å². The average Bonchev–Trinajstić information content (AvgIpc) is 3.11. The van der Waals surface area contributed by atoms with Gasteiger partial charge in [0.25, 0.3) is 0 Å². The van der Waals surface area contributed by atoms with Crippen LogP contribution in [-0.2, 0) is 9.53 Å². The molecule has 1 atom stereocenters. The van der Waals surface area contributed by atoms with Crippen molar-refractivity contribution in [2.75, 3.05) is 24.7 Å². The SMILES string of the molecule is CCOC(=O)C1(NCC2CC2)CSCCC1(C)C. The lowest BCUT2D eigenvalue weighted by molar-refractivity contribution is -0.156. The van der Waals surface area contributed by atoms with Gasteiger partial charge in [-0.3, -0.25) is 0 Å². The maximum absolute atomic E-state index is 12.5. The molecule has 1 saturated heterocycles. The highest BCUT2D eigenvalue weighted by molar-refractivity contribution is 7.99. The highest BCUT2D eigenvalue weighted by Gasteiger charge is 2.53. The van der Waals surface area contributed by atoms with E-state index in [-0.39, 0.29) is 11.4 Å². The fourth-order valence-corrected chi connectivity index (χ4v) is 4.27. The van der Waals surface area contributed by atoms with Crippen molar-refractivity contribution >= 4 is 17.7 Å². The number of nitrogens with one attached hydrogen (secondary N) is 1. The van der Waals surface area contributed by atoms with Crippen LogP contribution >= 0.6 is 11.8 Å². The summed E-state index contributed by atoms with van der Waals surface area (Å²) < 4.78 is 5.36. The van der Waals surface area contributed by atoms with Gasteiger partial charge in [-0.05, 0) is 49.8 Å². The Morgan fingerprint density at radius 3 is 2.72 bits per heavy atom. The number of esters is 1. The van der Waals surface area contributed by atoms with Crippen molar-refractivity contribution in [3.8, 4) is 0 Å². The van der Waals surface area contributed by atoms with E-state index in [1.165, 1.54) is 12.8 Å². The van der Waals surface area contributed by atoms with Gasteiger partial charge in [0.2, 0.25) is 0 Å². The van der Waals surface area contributed by atoms with Crippen molar-refractivity contribution in [3.05, 3.63) is 0 Å². The van der Waals surface area contributed by atoms with Crippen molar-refractivity contribution in [1.29, 1.82) is 0 Å². The molecular weight excluding hydrogens is 246 g/mol. The van der Waals surface area contributed by atoms with E-state index in [0.717, 1.165) is 30.4 Å². The number of carbonyl (C=O) groups excluding carboxylic acids is 1. The molecule has 1 aliphatic heterocycles. The maximum atomic E-state index is 12.5. The quantitative estimate of drug-likeness (QED) is 0.780. The first-order chi connectivity index (χ1) is 8.52. The Kier molecular flexibility index (Phi) is 4.27. The molecule has 2 aliphatic rings. The zero-order chi connectivity index (χ0) is 13.2. The molecule has 2 rings (SSSR count). The van der Waals surface area contributed by atoms with Gasteiger partial charge in [-0.1, -0.05) is 13.8 Å². The topological polar surface area (TPSA) is 38.3 Å². The third-order valence-corrected chi connectivity index (χ3v) is 5.49. The highest BCUT2D eigenvalue weighted by Crippen LogP contribution is 2.43. The van der Waals surface area contributed by atoms with Crippen LogP contribution in [0.3, 0.4) is 0 Å². The molecule has 1 heterocycles. The van der Waals surface area contributed by atoms with Crippen LogP contribution in [0.1, 0.15) is 40.0 Å². The first-order valence-corrected chi connectivity index (χ1v) is 8.17. The van der Waals surface area contributed by atoms with Crippen LogP contribution in [0.4, 0.5) is 0 Å². The molecule has 4 heteroatoms. The lowest BCUT2D eigenvalue weighted by Crippen LogP contribution is -2.66. The molecule has 1 unspecified atom stereocenters. The Balaban J connectivity index is 2.15. The van der Waals surface area contributed by atoms with Gasteiger partial charge in [-0.25, -0.2) is 4.79 Å². The van der Waals surface area contributed by atoms with Crippen molar-refractivity contribution < 1.29 is 9.53 Å². The minimum absolute atomic E-state index is 0.0284. The van der Waals surface area contributed by atoms with Crippen molar-refractivity contribution in [2.24, 2.45) is 11.3 Å². The summed E-state index contributed by atoms with van der Waals surface area (Å²) in [4.78, 5) is 12.5. The van der Waals surface area contributed by atoms with Gasteiger partial charge in [0.1, 0.15) is 5.54 Å². The Morgan fingerprint density at radius 2 is 2.17 bits per heavy atom. The molecule has 3 nitrogen and oxygen atoms in total. The number of carbonyl (C=O) groups is 1. The largest absolute Gasteiger partial charge is 0.465 e. The van der Waals surface area contributed by atoms with Crippen molar-refractivity contribution in [3.63, 3.8) is 0 Å². The van der Waals surface area contributed by atoms with Crippen LogP contribution in [0.2, 0.25) is 0 Å². The Morgan fingerprint density at radius 1 is 1.44 bits per heavy atom. The molecule has 0 bridgehead atoms. The molecule has 0 aromatic rings. The van der Waals surface area contributed by atoms with Crippen LogP contribution in [0.25, 0.3) is 0 Å². The van der Waals surface area contributed by atoms with Gasteiger partial charge in [0.15, 0.2) is 0 Å². The fourth-order valence-electron chi connectivity index (χ4n) is 2.55. The molecule has 1 aliphatic carbocycles. The zero-order valence-electron chi connectivity index (χ0n) is 11.8. The second kappa shape index (κ2) is 5.41. The Bertz CT molecular complexity index is 315. The lowest BCUT2D eigenvalue weighted by Gasteiger charge is -2.48. The summed E-state index contributed by atoms with van der Waals surface area (Å²) >= 11 is 1.87. The minimum atomic E-state index is -0.492. The lowest BCUT2D eigenvalue weighted by atomic mass is 9.70. The smallest absolute Gasteiger partial charge is 0.327 e. The van der Waals surface area contributed by atoms with E-state index in [0.29, 0.717) is 6.61 Å². The summed E-state index contributed by atoms with van der Waals surface area (Å²) in [5, 5.41) is 3.58. The summed E-state index contributed by atoms with van der Waals surface area (Å²) in [7, 11) is 0. The third kappa shape index (κ3) is 2.69. The van der Waals surface area contributed by atoms with Gasteiger partial charge in [0.05, 0.1) is 6.61 Å². The summed E-state index contributed by atoms with van der Waals surface area (Å²) in [5.74, 6) is 2.70. The number of thioether (sulfide) groups is 1. The summed E-state index contributed by atoms with van der Waals surface area (Å²) in [6.07, 6.45) is 3.67. The van der Waals surface area contributed by atoms with Crippen molar-refractivity contribution in [2.45, 2.75) is 45.6 Å². The molecule has 104 valence electrons. The molecule has 1 saturated carbocycles. The summed E-state index contributed by atoms with van der Waals surface area (Å²) in [6.45, 7) is 7.71. The fraction of sp³-hybridized carbons (Fsp3) is 0.929. The van der Waals surface area contributed by atoms with E-state index < -0.39 is 5.54 Å². The molecule has 0 amide bonds. The van der Waals surface area contributed by atoms with E-state index in [2.05, 4.69) is 19.2 Å². The van der Waals surface area contributed by atoms with Gasteiger partial charge in [-0.15, -0.1) is 0 Å². The van der Waals surface area contributed by atoms with Crippen molar-refractivity contribution in [1.82, 2.24) is 5.32 Å². The van der Waals surface area contributed by atoms with Crippen LogP contribution in [-0.4, -0.2) is 36.2 Å². The van der Waals surface area contributed by atoms with E-state index in [4.69, 9.17) is 4.74 Å². The maximum Gasteiger partial charge on any atom is 0.327 e. The van der Waals surface area contributed by atoms with Crippen LogP contribution in [0, 0.1) is 11.3 Å². The number of hydrogen-bond acceptors (Lipinski definition) is 4. The minimum Gasteiger partial charge on any atom is -0.465 e. The second-order valence-electron chi connectivity index (χ2n) is 6.14. The number of hydrogen-bond donors (Lipinski definition) is 1. The second-order valence-corrected chi connectivity index (χ2v) is 7.24. The van der Waals surface area contributed by atoms with E-state index >= 15 is 0 Å². The summed E-state index contributed by atoms with van der Waals surface area (Å²) in [6, 6.07) is 0. The first kappa shape index (κ1) is 14.2. The van der Waals surface area contributed by atoms with E-state index in [9.17, 15) is 4.79 Å². The number of ether oxygens (including phenoxy) is 1. The molecule has 0 aromatic heterocycles. The molecule has 0 aromatic carbocycles. The molecule has 0 radical (unpaired) electrons. The molecular formula is C14H25NO2S. The average molecular weight is 271 g/mol. The van der Waals surface area contributed by atoms with Gasteiger partial charge < -0.3 is 10.1 Å². The van der Waals surface area contributed by atoms with Crippen LogP contribution in [0.15, 0.2) is 0 Å². The molecule has 1 N–H and O–H groups in total. The Labute approximate surface area is 114 Å². The highest BCUT2D eigenvalue weighted by atomic mass is 32.2. The summed E-state index contributed by atoms with van der Waals surface area (Å²) in [5.41, 5.74) is -0.520. The zero-order valence-corrected chi connectivity index (χ0v) is 12.6. The van der Waals surface area contributed by atoms with E-state index in [1.807, 2.05) is 18.7 Å². The third-order valence-electron chi connectivity index (χ3n) is 4.36. The van der Waals surface area contributed by atoms with Crippen LogP contribution < -0.4 is 5.32 Å².